The van der Waals surface area contributed by atoms with Gasteiger partial charge in [-0.25, -0.2) is 4.79 Å². The minimum Gasteiger partial charge on any atom is -0.456 e. The third-order valence-electron chi connectivity index (χ3n) is 4.52. The number of ether oxygens (including phenoxy) is 1. The predicted octanol–water partition coefficient (Wildman–Crippen LogP) is 4.00. The molecule has 0 unspecified atom stereocenters. The third kappa shape index (κ3) is 2.91. The van der Waals surface area contributed by atoms with Gasteiger partial charge >= 0.3 is 5.97 Å². The van der Waals surface area contributed by atoms with Crippen LogP contribution in [0.3, 0.4) is 0 Å². The van der Waals surface area contributed by atoms with Crippen LogP contribution in [-0.4, -0.2) is 11.6 Å². The highest BCUT2D eigenvalue weighted by Crippen LogP contribution is 2.44. The third-order valence-corrected chi connectivity index (χ3v) is 4.52. The van der Waals surface area contributed by atoms with Crippen molar-refractivity contribution in [2.75, 3.05) is 0 Å². The molecule has 2 fully saturated rings. The van der Waals surface area contributed by atoms with E-state index in [2.05, 4.69) is 6.58 Å². The van der Waals surface area contributed by atoms with E-state index in [1.54, 1.807) is 0 Å². The molecule has 0 aromatic heterocycles. The number of carbonyl (C=O) groups excluding carboxylic acids is 1. The van der Waals surface area contributed by atoms with E-state index in [1.807, 2.05) is 0 Å². The van der Waals surface area contributed by atoms with E-state index < -0.39 is 0 Å². The molecule has 0 aromatic rings. The van der Waals surface area contributed by atoms with Gasteiger partial charge in [0.25, 0.3) is 0 Å². The quantitative estimate of drug-likeness (QED) is 0.547. The van der Waals surface area contributed by atoms with Gasteiger partial charge in [0, 0.05) is 6.08 Å². The fraction of sp³-hybridized carbons (Fsp3) is 0.800. The molecule has 0 saturated heterocycles. The molecule has 0 aromatic carbocycles. The monoisotopic (exact) mass is 236 g/mol. The summed E-state index contributed by atoms with van der Waals surface area (Å²) in [6.07, 6.45) is 13.6. The Kier molecular flexibility index (Phi) is 4.25. The van der Waals surface area contributed by atoms with Gasteiger partial charge in [0.15, 0.2) is 0 Å². The van der Waals surface area contributed by atoms with Crippen molar-refractivity contribution < 1.29 is 9.53 Å². The Morgan fingerprint density at radius 2 is 1.65 bits per heavy atom. The van der Waals surface area contributed by atoms with Crippen LogP contribution in [0, 0.1) is 5.92 Å². The molecule has 2 saturated carbocycles. The summed E-state index contributed by atoms with van der Waals surface area (Å²) >= 11 is 0. The van der Waals surface area contributed by atoms with Crippen molar-refractivity contribution in [3.8, 4) is 0 Å². The Balaban J connectivity index is 2.09. The molecule has 0 atom stereocenters. The Labute approximate surface area is 104 Å². The Morgan fingerprint density at radius 1 is 1.06 bits per heavy atom. The molecular weight excluding hydrogens is 212 g/mol. The Bertz CT molecular complexity index is 271. The van der Waals surface area contributed by atoms with Crippen LogP contribution in [0.4, 0.5) is 0 Å². The fourth-order valence-corrected chi connectivity index (χ4v) is 3.61. The first-order chi connectivity index (χ1) is 8.27. The minimum atomic E-state index is -0.225. The maximum atomic E-state index is 11.6. The van der Waals surface area contributed by atoms with E-state index in [0.717, 1.165) is 12.8 Å². The maximum absolute atomic E-state index is 11.6. The molecule has 0 N–H and O–H groups in total. The lowest BCUT2D eigenvalue weighted by molar-refractivity contribution is -0.167. The van der Waals surface area contributed by atoms with Crippen LogP contribution in [0.2, 0.25) is 0 Å². The summed E-state index contributed by atoms with van der Waals surface area (Å²) < 4.78 is 5.81. The zero-order valence-electron chi connectivity index (χ0n) is 10.7. The molecule has 2 nitrogen and oxygen atoms in total. The van der Waals surface area contributed by atoms with Crippen LogP contribution in [0.15, 0.2) is 12.7 Å². The van der Waals surface area contributed by atoms with Crippen molar-refractivity contribution in [3.05, 3.63) is 12.7 Å². The van der Waals surface area contributed by atoms with Gasteiger partial charge in [0.1, 0.15) is 5.60 Å². The summed E-state index contributed by atoms with van der Waals surface area (Å²) in [6, 6.07) is 0. The largest absolute Gasteiger partial charge is 0.456 e. The Morgan fingerprint density at radius 3 is 2.24 bits per heavy atom. The van der Waals surface area contributed by atoms with Crippen molar-refractivity contribution in [1.29, 1.82) is 0 Å². The van der Waals surface area contributed by atoms with Crippen molar-refractivity contribution >= 4 is 5.97 Å². The van der Waals surface area contributed by atoms with Crippen molar-refractivity contribution in [2.24, 2.45) is 5.92 Å². The zero-order valence-corrected chi connectivity index (χ0v) is 10.7. The van der Waals surface area contributed by atoms with Gasteiger partial charge in [-0.2, -0.15) is 0 Å². The molecular formula is C15H24O2. The minimum absolute atomic E-state index is 0.149. The van der Waals surface area contributed by atoms with Crippen molar-refractivity contribution in [2.45, 2.75) is 69.8 Å². The van der Waals surface area contributed by atoms with Gasteiger partial charge in [-0.15, -0.1) is 0 Å². The van der Waals surface area contributed by atoms with Crippen LogP contribution in [0.5, 0.6) is 0 Å². The molecule has 2 aliphatic carbocycles. The van der Waals surface area contributed by atoms with Crippen molar-refractivity contribution in [3.63, 3.8) is 0 Å². The molecule has 0 amide bonds. The summed E-state index contributed by atoms with van der Waals surface area (Å²) in [5.74, 6) is 0.373. The first-order valence-electron chi connectivity index (χ1n) is 7.12. The van der Waals surface area contributed by atoms with Gasteiger partial charge in [0.2, 0.25) is 0 Å². The maximum Gasteiger partial charge on any atom is 0.330 e. The van der Waals surface area contributed by atoms with Crippen LogP contribution in [-0.2, 0) is 9.53 Å². The summed E-state index contributed by atoms with van der Waals surface area (Å²) in [6.45, 7) is 3.53. The second-order valence-corrected chi connectivity index (χ2v) is 5.59. The standard InChI is InChI=1S/C15H24O2/c1-2-14(16)17-15(11-7-4-8-12-15)13-9-5-3-6-10-13/h2,13H,1,3-12H2. The SMILES string of the molecule is C=CC(=O)OC1(C2CCCCC2)CCCCC1. The number of rotatable bonds is 3. The average Bonchev–Trinajstić information content (AvgIpc) is 2.40. The van der Waals surface area contributed by atoms with Crippen LogP contribution in [0.1, 0.15) is 64.2 Å². The first-order valence-corrected chi connectivity index (χ1v) is 7.12. The molecule has 0 heterocycles. The van der Waals surface area contributed by atoms with E-state index in [-0.39, 0.29) is 11.6 Å². The van der Waals surface area contributed by atoms with E-state index in [1.165, 1.54) is 57.4 Å². The highest BCUT2D eigenvalue weighted by molar-refractivity contribution is 5.81. The second kappa shape index (κ2) is 5.70. The highest BCUT2D eigenvalue weighted by Gasteiger charge is 2.42. The first kappa shape index (κ1) is 12.7. The van der Waals surface area contributed by atoms with Crippen LogP contribution < -0.4 is 0 Å². The summed E-state index contributed by atoms with van der Waals surface area (Å²) in [5.41, 5.74) is -0.149. The van der Waals surface area contributed by atoms with Gasteiger partial charge in [-0.3, -0.25) is 0 Å². The Hall–Kier alpha value is -0.790. The van der Waals surface area contributed by atoms with E-state index in [9.17, 15) is 4.79 Å². The smallest absolute Gasteiger partial charge is 0.330 e. The molecule has 96 valence electrons. The van der Waals surface area contributed by atoms with Gasteiger partial charge in [-0.1, -0.05) is 32.3 Å². The normalized spacial score (nSPS) is 25.2. The number of hydrogen-bond acceptors (Lipinski definition) is 2. The fourth-order valence-electron chi connectivity index (χ4n) is 3.61. The molecule has 0 radical (unpaired) electrons. The molecule has 2 rings (SSSR count). The van der Waals surface area contributed by atoms with Crippen LogP contribution >= 0.6 is 0 Å². The van der Waals surface area contributed by atoms with Gasteiger partial charge in [0.05, 0.1) is 0 Å². The molecule has 0 aliphatic heterocycles. The van der Waals surface area contributed by atoms with Crippen LogP contribution in [0.25, 0.3) is 0 Å². The van der Waals surface area contributed by atoms with E-state index >= 15 is 0 Å². The number of carbonyl (C=O) groups is 1. The summed E-state index contributed by atoms with van der Waals surface area (Å²) in [4.78, 5) is 11.6. The van der Waals surface area contributed by atoms with E-state index in [4.69, 9.17) is 4.74 Å². The summed E-state index contributed by atoms with van der Waals surface area (Å²) in [5, 5.41) is 0. The topological polar surface area (TPSA) is 26.3 Å². The molecule has 2 aliphatic rings. The van der Waals surface area contributed by atoms with E-state index in [0.29, 0.717) is 5.92 Å². The second-order valence-electron chi connectivity index (χ2n) is 5.59. The lowest BCUT2D eigenvalue weighted by Gasteiger charge is -2.44. The number of esters is 1. The summed E-state index contributed by atoms with van der Waals surface area (Å²) in [7, 11) is 0. The highest BCUT2D eigenvalue weighted by atomic mass is 16.6. The number of hydrogen-bond donors (Lipinski definition) is 0. The lowest BCUT2D eigenvalue weighted by Crippen LogP contribution is -2.44. The predicted molar refractivity (Wildman–Crippen MR) is 68.7 cm³/mol. The zero-order chi connectivity index (χ0) is 12.1. The molecule has 0 spiro atoms. The van der Waals surface area contributed by atoms with Crippen molar-refractivity contribution in [1.82, 2.24) is 0 Å². The van der Waals surface area contributed by atoms with Gasteiger partial charge < -0.3 is 4.74 Å². The molecule has 2 heteroatoms. The lowest BCUT2D eigenvalue weighted by atomic mass is 9.69. The van der Waals surface area contributed by atoms with Gasteiger partial charge in [-0.05, 0) is 44.4 Å². The molecule has 17 heavy (non-hydrogen) atoms. The average molecular weight is 236 g/mol. The molecule has 0 bridgehead atoms.